The van der Waals surface area contributed by atoms with Crippen LogP contribution in [0.25, 0.3) is 0 Å². The number of nitrogen functional groups attached to an aromatic ring is 1. The van der Waals surface area contributed by atoms with E-state index >= 15 is 0 Å². The van der Waals surface area contributed by atoms with E-state index in [-0.39, 0.29) is 17.5 Å². The maximum atomic E-state index is 12.4. The molecule has 0 bridgehead atoms. The Kier molecular flexibility index (Phi) is 3.69. The predicted molar refractivity (Wildman–Crippen MR) is 66.7 cm³/mol. The van der Waals surface area contributed by atoms with Gasteiger partial charge in [-0.05, 0) is 30.3 Å². The lowest BCUT2D eigenvalue weighted by atomic mass is 10.2. The zero-order chi connectivity index (χ0) is 14.8. The molecular weight excluding hydrogens is 273 g/mol. The summed E-state index contributed by atoms with van der Waals surface area (Å²) < 4.78 is 47.5. The van der Waals surface area contributed by atoms with Crippen LogP contribution in [0.3, 0.4) is 0 Å². The van der Waals surface area contributed by atoms with Crippen LogP contribution in [0.5, 0.6) is 17.5 Å². The fraction of sp³-hybridized carbons (Fsp3) is 0.154. The molecular formula is C13H11F3N2O2. The fourth-order valence-corrected chi connectivity index (χ4v) is 1.49. The van der Waals surface area contributed by atoms with E-state index in [4.69, 9.17) is 15.2 Å². The van der Waals surface area contributed by atoms with E-state index in [1.165, 1.54) is 31.4 Å². The highest BCUT2D eigenvalue weighted by Crippen LogP contribution is 2.31. The van der Waals surface area contributed by atoms with Crippen LogP contribution in [-0.4, -0.2) is 12.1 Å². The summed E-state index contributed by atoms with van der Waals surface area (Å²) in [6, 6.07) is 7.33. The van der Waals surface area contributed by atoms with Crippen LogP contribution in [0.2, 0.25) is 0 Å². The lowest BCUT2D eigenvalue weighted by Crippen LogP contribution is -2.04. The number of hydrogen-bond donors (Lipinski definition) is 1. The normalized spacial score (nSPS) is 11.2. The van der Waals surface area contributed by atoms with Crippen molar-refractivity contribution in [2.24, 2.45) is 0 Å². The number of benzene rings is 1. The molecule has 0 unspecified atom stereocenters. The molecule has 0 atom stereocenters. The summed E-state index contributed by atoms with van der Waals surface area (Å²) in [7, 11) is 1.40. The first-order chi connectivity index (χ1) is 9.40. The molecule has 0 radical (unpaired) electrons. The monoisotopic (exact) mass is 284 g/mol. The second kappa shape index (κ2) is 5.28. The number of nitrogens with two attached hydrogens (primary N) is 1. The van der Waals surface area contributed by atoms with Crippen molar-refractivity contribution in [1.82, 2.24) is 4.98 Å². The molecule has 7 heteroatoms. The first kappa shape index (κ1) is 14.0. The van der Waals surface area contributed by atoms with Crippen LogP contribution in [0, 0.1) is 0 Å². The highest BCUT2D eigenvalue weighted by atomic mass is 19.4. The molecule has 1 aromatic carbocycles. The summed E-state index contributed by atoms with van der Waals surface area (Å²) in [5.41, 5.74) is 5.19. The van der Waals surface area contributed by atoms with Gasteiger partial charge in [-0.2, -0.15) is 18.2 Å². The highest BCUT2D eigenvalue weighted by molar-refractivity contribution is 5.49. The number of methoxy groups -OCH3 is 1. The Labute approximate surface area is 113 Å². The van der Waals surface area contributed by atoms with E-state index in [9.17, 15) is 13.2 Å². The molecule has 0 aliphatic carbocycles. The number of rotatable bonds is 3. The third-order valence-electron chi connectivity index (χ3n) is 2.46. The van der Waals surface area contributed by atoms with Crippen molar-refractivity contribution < 1.29 is 22.6 Å². The number of hydrogen-bond acceptors (Lipinski definition) is 4. The third-order valence-corrected chi connectivity index (χ3v) is 2.46. The number of ether oxygens (including phenoxy) is 2. The van der Waals surface area contributed by atoms with E-state index in [1.54, 1.807) is 0 Å². The molecule has 0 amide bonds. The molecule has 4 nitrogen and oxygen atoms in total. The van der Waals surface area contributed by atoms with Gasteiger partial charge in [-0.1, -0.05) is 0 Å². The third kappa shape index (κ3) is 3.11. The number of aromatic nitrogens is 1. The topological polar surface area (TPSA) is 57.4 Å². The predicted octanol–water partition coefficient (Wildman–Crippen LogP) is 3.48. The molecule has 106 valence electrons. The van der Waals surface area contributed by atoms with Crippen LogP contribution in [0.1, 0.15) is 5.56 Å². The second-order valence-corrected chi connectivity index (χ2v) is 3.87. The Bertz CT molecular complexity index is 598. The molecule has 0 saturated heterocycles. The van der Waals surface area contributed by atoms with Crippen LogP contribution in [0.15, 0.2) is 36.4 Å². The van der Waals surface area contributed by atoms with Gasteiger partial charge in [0.25, 0.3) is 0 Å². The van der Waals surface area contributed by atoms with Gasteiger partial charge in [0.15, 0.2) is 0 Å². The Balaban J connectivity index is 2.18. The van der Waals surface area contributed by atoms with Gasteiger partial charge in [0, 0.05) is 6.07 Å². The van der Waals surface area contributed by atoms with Crippen LogP contribution in [0.4, 0.5) is 18.9 Å². The molecule has 0 saturated carbocycles. The molecule has 1 aromatic heterocycles. The minimum absolute atomic E-state index is 0.177. The quantitative estimate of drug-likeness (QED) is 0.937. The molecule has 2 aromatic rings. The second-order valence-electron chi connectivity index (χ2n) is 3.87. The maximum absolute atomic E-state index is 12.4. The molecule has 2 N–H and O–H groups in total. The number of nitrogens with zero attached hydrogens (tertiary/aromatic N) is 1. The molecule has 1 heterocycles. The Hall–Kier alpha value is -2.44. The van der Waals surface area contributed by atoms with E-state index in [0.717, 1.165) is 12.1 Å². The summed E-state index contributed by atoms with van der Waals surface area (Å²) in [6.07, 6.45) is -4.37. The molecule has 0 fully saturated rings. The van der Waals surface area contributed by atoms with Crippen LogP contribution in [-0.2, 0) is 6.18 Å². The van der Waals surface area contributed by atoms with Crippen molar-refractivity contribution in [2.75, 3.05) is 12.8 Å². The number of anilines is 1. The number of halogens is 3. The Morgan fingerprint density at radius 1 is 1.05 bits per heavy atom. The average Bonchev–Trinajstić information content (AvgIpc) is 2.40. The molecule has 2 rings (SSSR count). The standard InChI is InChI=1S/C13H11F3N2O2/c1-19-12-10(17)6-7-11(18-12)20-9-4-2-8(3-5-9)13(14,15)16/h2-7H,17H2,1H3. The highest BCUT2D eigenvalue weighted by Gasteiger charge is 2.30. The largest absolute Gasteiger partial charge is 0.479 e. The molecule has 20 heavy (non-hydrogen) atoms. The molecule has 0 aliphatic heterocycles. The van der Waals surface area contributed by atoms with Gasteiger partial charge in [0.2, 0.25) is 11.8 Å². The van der Waals surface area contributed by atoms with E-state index in [0.29, 0.717) is 5.69 Å². The van der Waals surface area contributed by atoms with Gasteiger partial charge in [0.05, 0.1) is 18.4 Å². The van der Waals surface area contributed by atoms with Gasteiger partial charge < -0.3 is 15.2 Å². The van der Waals surface area contributed by atoms with E-state index in [1.807, 2.05) is 0 Å². The van der Waals surface area contributed by atoms with E-state index < -0.39 is 11.7 Å². The van der Waals surface area contributed by atoms with Crippen LogP contribution < -0.4 is 15.2 Å². The van der Waals surface area contributed by atoms with Crippen molar-refractivity contribution in [3.8, 4) is 17.5 Å². The smallest absolute Gasteiger partial charge is 0.416 e. The summed E-state index contributed by atoms with van der Waals surface area (Å²) in [4.78, 5) is 3.97. The van der Waals surface area contributed by atoms with Crippen molar-refractivity contribution in [3.63, 3.8) is 0 Å². The average molecular weight is 284 g/mol. The SMILES string of the molecule is COc1nc(Oc2ccc(C(F)(F)F)cc2)ccc1N. The lowest BCUT2D eigenvalue weighted by molar-refractivity contribution is -0.137. The summed E-state index contributed by atoms with van der Waals surface area (Å²) in [5, 5.41) is 0. The maximum Gasteiger partial charge on any atom is 0.416 e. The summed E-state index contributed by atoms with van der Waals surface area (Å²) >= 11 is 0. The van der Waals surface area contributed by atoms with Crippen molar-refractivity contribution in [2.45, 2.75) is 6.18 Å². The van der Waals surface area contributed by atoms with Gasteiger partial charge in [0.1, 0.15) is 5.75 Å². The van der Waals surface area contributed by atoms with Gasteiger partial charge in [-0.15, -0.1) is 0 Å². The van der Waals surface area contributed by atoms with Crippen molar-refractivity contribution in [3.05, 3.63) is 42.0 Å². The minimum atomic E-state index is -4.37. The summed E-state index contributed by atoms with van der Waals surface area (Å²) in [5.74, 6) is 0.600. The van der Waals surface area contributed by atoms with E-state index in [2.05, 4.69) is 4.98 Å². The number of alkyl halides is 3. The first-order valence-electron chi connectivity index (χ1n) is 5.56. The van der Waals surface area contributed by atoms with Gasteiger partial charge >= 0.3 is 6.18 Å². The Morgan fingerprint density at radius 2 is 1.70 bits per heavy atom. The van der Waals surface area contributed by atoms with Gasteiger partial charge in [-0.3, -0.25) is 0 Å². The van der Waals surface area contributed by atoms with Crippen molar-refractivity contribution >= 4 is 5.69 Å². The lowest BCUT2D eigenvalue weighted by Gasteiger charge is -2.09. The molecule has 0 aliphatic rings. The zero-order valence-corrected chi connectivity index (χ0v) is 10.4. The fourth-order valence-electron chi connectivity index (χ4n) is 1.49. The zero-order valence-electron chi connectivity index (χ0n) is 10.4. The molecule has 0 spiro atoms. The summed E-state index contributed by atoms with van der Waals surface area (Å²) in [6.45, 7) is 0. The first-order valence-corrected chi connectivity index (χ1v) is 5.56. The number of pyridine rings is 1. The Morgan fingerprint density at radius 3 is 2.25 bits per heavy atom. The minimum Gasteiger partial charge on any atom is -0.479 e. The van der Waals surface area contributed by atoms with Crippen LogP contribution >= 0.6 is 0 Å². The van der Waals surface area contributed by atoms with Gasteiger partial charge in [-0.25, -0.2) is 0 Å². The van der Waals surface area contributed by atoms with Crippen molar-refractivity contribution in [1.29, 1.82) is 0 Å².